The fourth-order valence-corrected chi connectivity index (χ4v) is 2.20. The molecule has 0 saturated heterocycles. The molecule has 1 amide bonds. The molecule has 0 saturated carbocycles. The van der Waals surface area contributed by atoms with Crippen LogP contribution in [0.5, 0.6) is 0 Å². The number of para-hydroxylation sites is 1. The van der Waals surface area contributed by atoms with Crippen LogP contribution < -0.4 is 0 Å². The zero-order chi connectivity index (χ0) is 16.3. The second-order valence-corrected chi connectivity index (χ2v) is 5.62. The monoisotopic (exact) mass is 322 g/mol. The first-order valence-electron chi connectivity index (χ1n) is 7.02. The lowest BCUT2D eigenvalue weighted by Crippen LogP contribution is -2.30. The maximum atomic E-state index is 12.3. The molecule has 1 aromatic heterocycles. The minimum absolute atomic E-state index is 0.116. The fourth-order valence-electron chi connectivity index (χ4n) is 1.99. The molecule has 1 unspecified atom stereocenters. The van der Waals surface area contributed by atoms with E-state index in [1.165, 1.54) is 4.90 Å². The van der Waals surface area contributed by atoms with E-state index in [4.69, 9.17) is 11.6 Å². The zero-order valence-corrected chi connectivity index (χ0v) is 13.6. The fraction of sp³-hybridized carbons (Fsp3) is 0.400. The van der Waals surface area contributed by atoms with E-state index >= 15 is 0 Å². The number of aromatic nitrogens is 3. The molecule has 6 nitrogen and oxygen atoms in total. The topological polar surface area (TPSA) is 71.2 Å². The highest BCUT2D eigenvalue weighted by atomic mass is 35.5. The van der Waals surface area contributed by atoms with Crippen molar-refractivity contribution in [1.29, 1.82) is 0 Å². The summed E-state index contributed by atoms with van der Waals surface area (Å²) < 4.78 is 1.55. The molecule has 1 N–H and O–H groups in total. The Kier molecular flexibility index (Phi) is 5.15. The van der Waals surface area contributed by atoms with Crippen LogP contribution in [-0.4, -0.2) is 50.4 Å². The molecule has 118 valence electrons. The lowest BCUT2D eigenvalue weighted by molar-refractivity contribution is 0.0757. The highest BCUT2D eigenvalue weighted by Crippen LogP contribution is 2.20. The first-order chi connectivity index (χ1) is 10.4. The van der Waals surface area contributed by atoms with Crippen LogP contribution in [0, 0.1) is 6.92 Å². The van der Waals surface area contributed by atoms with Gasteiger partial charge < -0.3 is 10.0 Å². The van der Waals surface area contributed by atoms with Gasteiger partial charge in [-0.3, -0.25) is 4.79 Å². The summed E-state index contributed by atoms with van der Waals surface area (Å²) in [7, 11) is 1.66. The Labute approximate surface area is 134 Å². The van der Waals surface area contributed by atoms with E-state index in [1.807, 2.05) is 18.2 Å². The van der Waals surface area contributed by atoms with E-state index in [9.17, 15) is 9.90 Å². The second-order valence-electron chi connectivity index (χ2n) is 5.21. The molecule has 0 aliphatic carbocycles. The number of benzene rings is 1. The van der Waals surface area contributed by atoms with Gasteiger partial charge in [-0.25, -0.2) is 9.67 Å². The molecular weight excluding hydrogens is 304 g/mol. The van der Waals surface area contributed by atoms with Gasteiger partial charge in [0, 0.05) is 13.6 Å². The highest BCUT2D eigenvalue weighted by molar-refractivity contribution is 6.32. The molecular formula is C15H19ClN4O2. The summed E-state index contributed by atoms with van der Waals surface area (Å²) in [5, 5.41) is 14.1. The van der Waals surface area contributed by atoms with Crippen LogP contribution in [0.25, 0.3) is 5.69 Å². The summed E-state index contributed by atoms with van der Waals surface area (Å²) in [5.41, 5.74) is 0.680. The molecule has 2 aromatic rings. The highest BCUT2D eigenvalue weighted by Gasteiger charge is 2.19. The summed E-state index contributed by atoms with van der Waals surface area (Å²) >= 11 is 6.15. The van der Waals surface area contributed by atoms with E-state index in [-0.39, 0.29) is 11.7 Å². The molecule has 1 aromatic carbocycles. The number of aliphatic hydroxyl groups is 1. The van der Waals surface area contributed by atoms with Crippen LogP contribution in [0.4, 0.5) is 0 Å². The van der Waals surface area contributed by atoms with Gasteiger partial charge in [0.2, 0.25) is 5.82 Å². The Hall–Kier alpha value is -1.92. The van der Waals surface area contributed by atoms with Crippen molar-refractivity contribution < 1.29 is 9.90 Å². The van der Waals surface area contributed by atoms with E-state index in [0.29, 0.717) is 29.5 Å². The third kappa shape index (κ3) is 3.64. The van der Waals surface area contributed by atoms with Crippen LogP contribution in [0.15, 0.2) is 24.3 Å². The number of amides is 1. The molecule has 1 atom stereocenters. The Bertz CT molecular complexity index is 669. The first-order valence-corrected chi connectivity index (χ1v) is 7.40. The maximum absolute atomic E-state index is 12.3. The van der Waals surface area contributed by atoms with Crippen LogP contribution in [-0.2, 0) is 0 Å². The third-order valence-electron chi connectivity index (χ3n) is 3.27. The maximum Gasteiger partial charge on any atom is 0.293 e. The van der Waals surface area contributed by atoms with Crippen molar-refractivity contribution in [3.05, 3.63) is 40.9 Å². The number of halogens is 1. The van der Waals surface area contributed by atoms with E-state index < -0.39 is 6.10 Å². The number of carbonyl (C=O) groups is 1. The summed E-state index contributed by atoms with van der Waals surface area (Å²) in [6.45, 7) is 3.89. The quantitative estimate of drug-likeness (QED) is 0.914. The largest absolute Gasteiger partial charge is 0.393 e. The first kappa shape index (κ1) is 16.5. The molecule has 2 rings (SSSR count). The van der Waals surface area contributed by atoms with E-state index in [2.05, 4.69) is 10.1 Å². The van der Waals surface area contributed by atoms with Gasteiger partial charge in [0.25, 0.3) is 5.91 Å². The van der Waals surface area contributed by atoms with Gasteiger partial charge in [-0.2, -0.15) is 0 Å². The Morgan fingerprint density at radius 2 is 2.14 bits per heavy atom. The Morgan fingerprint density at radius 3 is 2.77 bits per heavy atom. The van der Waals surface area contributed by atoms with Crippen molar-refractivity contribution >= 4 is 17.5 Å². The number of rotatable bonds is 5. The van der Waals surface area contributed by atoms with Crippen molar-refractivity contribution in [3.8, 4) is 5.69 Å². The van der Waals surface area contributed by atoms with Crippen LogP contribution >= 0.6 is 11.6 Å². The van der Waals surface area contributed by atoms with Gasteiger partial charge in [0.05, 0.1) is 16.8 Å². The third-order valence-corrected chi connectivity index (χ3v) is 3.59. The number of carbonyl (C=O) groups excluding carboxylic acids is 1. The van der Waals surface area contributed by atoms with Crippen molar-refractivity contribution in [2.45, 2.75) is 26.4 Å². The summed E-state index contributed by atoms with van der Waals surface area (Å²) in [4.78, 5) is 18.0. The van der Waals surface area contributed by atoms with Crippen molar-refractivity contribution in [2.75, 3.05) is 13.6 Å². The average molecular weight is 323 g/mol. The van der Waals surface area contributed by atoms with Gasteiger partial charge in [-0.05, 0) is 32.4 Å². The molecule has 7 heteroatoms. The van der Waals surface area contributed by atoms with Gasteiger partial charge in [-0.1, -0.05) is 23.7 Å². The molecule has 0 radical (unpaired) electrons. The zero-order valence-electron chi connectivity index (χ0n) is 12.8. The molecule has 0 aliphatic heterocycles. The predicted octanol–water partition coefficient (Wildman–Crippen LogP) is 2.07. The lowest BCUT2D eigenvalue weighted by atomic mass is 10.3. The number of hydrogen-bond acceptors (Lipinski definition) is 4. The van der Waals surface area contributed by atoms with Crippen LogP contribution in [0.2, 0.25) is 5.02 Å². The minimum Gasteiger partial charge on any atom is -0.393 e. The molecule has 1 heterocycles. The Morgan fingerprint density at radius 1 is 1.45 bits per heavy atom. The number of aliphatic hydroxyl groups excluding tert-OH is 1. The van der Waals surface area contributed by atoms with Gasteiger partial charge in [-0.15, -0.1) is 5.10 Å². The standard InChI is InChI=1S/C15H19ClN4O2/c1-10(21)8-9-19(3)15(22)14-17-11(2)20(18-14)13-7-5-4-6-12(13)16/h4-7,10,21H,8-9H2,1-3H3. The minimum atomic E-state index is -0.453. The normalized spacial score (nSPS) is 12.2. The second kappa shape index (κ2) is 6.89. The average Bonchev–Trinajstić information content (AvgIpc) is 2.86. The molecule has 0 aliphatic rings. The molecule has 0 bridgehead atoms. The van der Waals surface area contributed by atoms with Crippen LogP contribution in [0.1, 0.15) is 29.8 Å². The van der Waals surface area contributed by atoms with Gasteiger partial charge in [0.15, 0.2) is 0 Å². The Balaban J connectivity index is 2.23. The molecule has 0 fully saturated rings. The van der Waals surface area contributed by atoms with Gasteiger partial charge in [0.1, 0.15) is 5.82 Å². The van der Waals surface area contributed by atoms with E-state index in [1.54, 1.807) is 31.6 Å². The van der Waals surface area contributed by atoms with Crippen molar-refractivity contribution in [2.24, 2.45) is 0 Å². The summed E-state index contributed by atoms with van der Waals surface area (Å²) in [6.07, 6.45) is 0.0533. The van der Waals surface area contributed by atoms with Crippen LogP contribution in [0.3, 0.4) is 0 Å². The number of nitrogens with zero attached hydrogens (tertiary/aromatic N) is 4. The SMILES string of the molecule is Cc1nc(C(=O)N(C)CCC(C)O)nn1-c1ccccc1Cl. The number of aryl methyl sites for hydroxylation is 1. The molecule has 0 spiro atoms. The molecule has 22 heavy (non-hydrogen) atoms. The summed E-state index contributed by atoms with van der Waals surface area (Å²) in [6, 6.07) is 7.25. The van der Waals surface area contributed by atoms with Gasteiger partial charge >= 0.3 is 0 Å². The predicted molar refractivity (Wildman–Crippen MR) is 84.4 cm³/mol. The summed E-state index contributed by atoms with van der Waals surface area (Å²) in [5.74, 6) is 0.417. The lowest BCUT2D eigenvalue weighted by Gasteiger charge is -2.15. The van der Waals surface area contributed by atoms with Crippen molar-refractivity contribution in [1.82, 2.24) is 19.7 Å². The smallest absolute Gasteiger partial charge is 0.293 e. The van der Waals surface area contributed by atoms with E-state index in [0.717, 1.165) is 0 Å². The number of hydrogen-bond donors (Lipinski definition) is 1. The van der Waals surface area contributed by atoms with Crippen molar-refractivity contribution in [3.63, 3.8) is 0 Å².